The number of benzene rings is 1. The molecule has 2 heterocycles. The maximum Gasteiger partial charge on any atom is 0.246 e. The van der Waals surface area contributed by atoms with Crippen molar-refractivity contribution in [3.05, 3.63) is 23.8 Å². The van der Waals surface area contributed by atoms with Crippen LogP contribution in [-0.4, -0.2) is 49.4 Å². The van der Waals surface area contributed by atoms with Gasteiger partial charge in [0.05, 0.1) is 6.54 Å². The van der Waals surface area contributed by atoms with Gasteiger partial charge in [0.1, 0.15) is 0 Å². The summed E-state index contributed by atoms with van der Waals surface area (Å²) in [6.45, 7) is 5.78. The van der Waals surface area contributed by atoms with Gasteiger partial charge in [-0.2, -0.15) is 0 Å². The standard InChI is InChI=1S/C20H29N3O2/c1-15-7-4-5-11-22(15)18-9-10-19-17(13-18)8-6-12-23(19)20(25)14-21(3)16(2)24/h9-10,13,15H,4-8,11-12,14H2,1-3H3. The van der Waals surface area contributed by atoms with Gasteiger partial charge in [0.2, 0.25) is 11.8 Å². The van der Waals surface area contributed by atoms with Crippen LogP contribution in [0.15, 0.2) is 18.2 Å². The zero-order valence-corrected chi connectivity index (χ0v) is 15.6. The van der Waals surface area contributed by atoms with Crippen molar-refractivity contribution in [2.45, 2.75) is 52.0 Å². The van der Waals surface area contributed by atoms with Crippen LogP contribution >= 0.6 is 0 Å². The second kappa shape index (κ2) is 7.46. The van der Waals surface area contributed by atoms with Gasteiger partial charge in [0, 0.05) is 44.5 Å². The highest BCUT2D eigenvalue weighted by Crippen LogP contribution is 2.33. The number of rotatable bonds is 3. The normalized spacial score (nSPS) is 20.2. The van der Waals surface area contributed by atoms with E-state index in [9.17, 15) is 9.59 Å². The van der Waals surface area contributed by atoms with Gasteiger partial charge in [-0.25, -0.2) is 0 Å². The van der Waals surface area contributed by atoms with Crippen molar-refractivity contribution in [3.8, 4) is 0 Å². The average molecular weight is 343 g/mol. The molecule has 1 aromatic rings. The molecule has 0 bridgehead atoms. The molecule has 1 atom stereocenters. The van der Waals surface area contributed by atoms with Crippen LogP contribution in [0.1, 0.15) is 45.1 Å². The third-order valence-electron chi connectivity index (χ3n) is 5.53. The Hall–Kier alpha value is -2.04. The largest absolute Gasteiger partial charge is 0.369 e. The number of nitrogens with zero attached hydrogens (tertiary/aromatic N) is 3. The number of fused-ring (bicyclic) bond motifs is 1. The summed E-state index contributed by atoms with van der Waals surface area (Å²) in [4.78, 5) is 29.9. The van der Waals surface area contributed by atoms with Crippen molar-refractivity contribution in [2.24, 2.45) is 0 Å². The highest BCUT2D eigenvalue weighted by atomic mass is 16.2. The van der Waals surface area contributed by atoms with Crippen LogP contribution in [0.4, 0.5) is 11.4 Å². The van der Waals surface area contributed by atoms with Crippen molar-refractivity contribution >= 4 is 23.2 Å². The minimum atomic E-state index is -0.0833. The van der Waals surface area contributed by atoms with E-state index in [1.54, 1.807) is 7.05 Å². The molecule has 5 heteroatoms. The Morgan fingerprint density at radius 1 is 1.20 bits per heavy atom. The van der Waals surface area contributed by atoms with E-state index >= 15 is 0 Å². The lowest BCUT2D eigenvalue weighted by molar-refractivity contribution is -0.132. The SMILES string of the molecule is CC(=O)N(C)CC(=O)N1CCCc2cc(N3CCCCC3C)ccc21. The molecule has 5 nitrogen and oxygen atoms in total. The summed E-state index contributed by atoms with van der Waals surface area (Å²) < 4.78 is 0. The lowest BCUT2D eigenvalue weighted by Gasteiger charge is -2.37. The molecule has 0 aliphatic carbocycles. The fraction of sp³-hybridized carbons (Fsp3) is 0.600. The van der Waals surface area contributed by atoms with Gasteiger partial charge in [-0.3, -0.25) is 9.59 Å². The van der Waals surface area contributed by atoms with Crippen LogP contribution in [0.25, 0.3) is 0 Å². The Bertz CT molecular complexity index is 658. The second-order valence-electron chi connectivity index (χ2n) is 7.38. The number of anilines is 2. The van der Waals surface area contributed by atoms with Crippen molar-refractivity contribution in [2.75, 3.05) is 36.5 Å². The minimum absolute atomic E-state index is 0.00209. The van der Waals surface area contributed by atoms with Gasteiger partial charge < -0.3 is 14.7 Å². The molecule has 0 spiro atoms. The van der Waals surface area contributed by atoms with E-state index in [1.165, 1.54) is 42.3 Å². The third-order valence-corrected chi connectivity index (χ3v) is 5.53. The number of hydrogen-bond acceptors (Lipinski definition) is 3. The van der Waals surface area contributed by atoms with Crippen molar-refractivity contribution < 1.29 is 9.59 Å². The van der Waals surface area contributed by atoms with Gasteiger partial charge in [0.25, 0.3) is 0 Å². The van der Waals surface area contributed by atoms with Crippen LogP contribution in [-0.2, 0) is 16.0 Å². The summed E-state index contributed by atoms with van der Waals surface area (Å²) in [5, 5.41) is 0. The molecule has 1 saturated heterocycles. The molecule has 25 heavy (non-hydrogen) atoms. The first-order valence-electron chi connectivity index (χ1n) is 9.39. The van der Waals surface area contributed by atoms with Crippen LogP contribution in [0.3, 0.4) is 0 Å². The fourth-order valence-electron chi connectivity index (χ4n) is 3.90. The predicted molar refractivity (Wildman–Crippen MR) is 101 cm³/mol. The number of carbonyl (C=O) groups excluding carboxylic acids is 2. The third kappa shape index (κ3) is 3.80. The number of likely N-dealkylation sites (N-methyl/N-ethyl adjacent to an activating group) is 1. The number of aryl methyl sites for hydroxylation is 1. The number of amides is 2. The maximum atomic E-state index is 12.6. The molecule has 1 fully saturated rings. The van der Waals surface area contributed by atoms with Crippen LogP contribution in [0.5, 0.6) is 0 Å². The van der Waals surface area contributed by atoms with Crippen molar-refractivity contribution in [1.29, 1.82) is 0 Å². The number of hydrogen-bond donors (Lipinski definition) is 0. The zero-order valence-electron chi connectivity index (χ0n) is 15.6. The minimum Gasteiger partial charge on any atom is -0.369 e. The summed E-state index contributed by atoms with van der Waals surface area (Å²) in [6, 6.07) is 7.10. The second-order valence-corrected chi connectivity index (χ2v) is 7.38. The lowest BCUT2D eigenvalue weighted by Crippen LogP contribution is -2.43. The van der Waals surface area contributed by atoms with Gasteiger partial charge in [0.15, 0.2) is 0 Å². The molecule has 136 valence electrons. The molecule has 0 N–H and O–H groups in total. The first-order chi connectivity index (χ1) is 12.0. The van der Waals surface area contributed by atoms with Gasteiger partial charge in [-0.05, 0) is 62.8 Å². The van der Waals surface area contributed by atoms with E-state index in [-0.39, 0.29) is 18.4 Å². The van der Waals surface area contributed by atoms with E-state index in [0.29, 0.717) is 6.04 Å². The Labute approximate surface area is 150 Å². The fourth-order valence-corrected chi connectivity index (χ4v) is 3.90. The molecule has 0 radical (unpaired) electrons. The van der Waals surface area contributed by atoms with E-state index in [0.717, 1.165) is 31.6 Å². The van der Waals surface area contributed by atoms with E-state index in [1.807, 2.05) is 4.90 Å². The summed E-state index contributed by atoms with van der Waals surface area (Å²) in [5.74, 6) is -0.0854. The van der Waals surface area contributed by atoms with Crippen LogP contribution < -0.4 is 9.80 Å². The molecule has 0 aromatic heterocycles. The summed E-state index contributed by atoms with van der Waals surface area (Å²) in [6.07, 6.45) is 5.80. The highest BCUT2D eigenvalue weighted by molar-refractivity contribution is 5.97. The molecule has 2 aliphatic heterocycles. The van der Waals surface area contributed by atoms with E-state index in [2.05, 4.69) is 30.0 Å². The molecule has 3 rings (SSSR count). The Balaban J connectivity index is 1.80. The molecular weight excluding hydrogens is 314 g/mol. The Morgan fingerprint density at radius 3 is 2.72 bits per heavy atom. The summed E-state index contributed by atoms with van der Waals surface area (Å²) >= 11 is 0. The Morgan fingerprint density at radius 2 is 2.00 bits per heavy atom. The maximum absolute atomic E-state index is 12.6. The van der Waals surface area contributed by atoms with E-state index in [4.69, 9.17) is 0 Å². The zero-order chi connectivity index (χ0) is 18.0. The predicted octanol–water partition coefficient (Wildman–Crippen LogP) is 2.82. The number of piperidine rings is 1. The van der Waals surface area contributed by atoms with Gasteiger partial charge in [-0.15, -0.1) is 0 Å². The summed E-state index contributed by atoms with van der Waals surface area (Å²) in [7, 11) is 1.67. The molecule has 1 aromatic carbocycles. The monoisotopic (exact) mass is 343 g/mol. The summed E-state index contributed by atoms with van der Waals surface area (Å²) in [5.41, 5.74) is 3.54. The average Bonchev–Trinajstić information content (AvgIpc) is 2.61. The molecule has 2 amide bonds. The highest BCUT2D eigenvalue weighted by Gasteiger charge is 2.25. The topological polar surface area (TPSA) is 43.9 Å². The molecule has 2 aliphatic rings. The first kappa shape index (κ1) is 17.8. The van der Waals surface area contributed by atoms with Crippen molar-refractivity contribution in [3.63, 3.8) is 0 Å². The van der Waals surface area contributed by atoms with Crippen LogP contribution in [0.2, 0.25) is 0 Å². The lowest BCUT2D eigenvalue weighted by atomic mass is 9.98. The molecule has 0 saturated carbocycles. The van der Waals surface area contributed by atoms with E-state index < -0.39 is 0 Å². The van der Waals surface area contributed by atoms with Crippen molar-refractivity contribution in [1.82, 2.24) is 4.90 Å². The quantitative estimate of drug-likeness (QED) is 0.848. The molecular formula is C20H29N3O2. The first-order valence-corrected chi connectivity index (χ1v) is 9.39. The van der Waals surface area contributed by atoms with Crippen LogP contribution in [0, 0.1) is 0 Å². The van der Waals surface area contributed by atoms with Gasteiger partial charge in [-0.1, -0.05) is 0 Å². The molecule has 1 unspecified atom stereocenters. The smallest absolute Gasteiger partial charge is 0.246 e. The number of carbonyl (C=O) groups is 2. The van der Waals surface area contributed by atoms with Gasteiger partial charge >= 0.3 is 0 Å². The Kier molecular flexibility index (Phi) is 5.30.